The van der Waals surface area contributed by atoms with Gasteiger partial charge in [0.25, 0.3) is 0 Å². The van der Waals surface area contributed by atoms with Crippen LogP contribution < -0.4 is 0 Å². The standard InChI is InChI=1S/C15H30N2/c1-12(2)7-8-17-14-5-6-15(17)11-16(10-14)9-13(3)4/h12-15H,5-11H2,1-4H3/t14-,15+. The van der Waals surface area contributed by atoms with Gasteiger partial charge in [-0.1, -0.05) is 27.7 Å². The van der Waals surface area contributed by atoms with E-state index in [0.29, 0.717) is 0 Å². The van der Waals surface area contributed by atoms with E-state index < -0.39 is 0 Å². The molecule has 0 aliphatic carbocycles. The second-order valence-corrected chi connectivity index (χ2v) is 6.92. The summed E-state index contributed by atoms with van der Waals surface area (Å²) in [4.78, 5) is 5.52. The first-order chi connectivity index (χ1) is 8.06. The molecule has 0 spiro atoms. The highest BCUT2D eigenvalue weighted by Crippen LogP contribution is 2.30. The number of rotatable bonds is 5. The minimum absolute atomic E-state index is 0.816. The van der Waals surface area contributed by atoms with Gasteiger partial charge in [-0.15, -0.1) is 0 Å². The Kier molecular flexibility index (Phi) is 4.48. The summed E-state index contributed by atoms with van der Waals surface area (Å²) in [5.74, 6) is 1.67. The highest BCUT2D eigenvalue weighted by atomic mass is 15.3. The van der Waals surface area contributed by atoms with Gasteiger partial charge < -0.3 is 0 Å². The molecule has 0 saturated carbocycles. The van der Waals surface area contributed by atoms with E-state index in [2.05, 4.69) is 37.5 Å². The largest absolute Gasteiger partial charge is 0.300 e. The third-order valence-electron chi connectivity index (χ3n) is 4.30. The molecule has 2 aliphatic rings. The predicted molar refractivity (Wildman–Crippen MR) is 74.2 cm³/mol. The van der Waals surface area contributed by atoms with Crippen molar-refractivity contribution in [2.45, 2.75) is 59.0 Å². The number of hydrogen-bond acceptors (Lipinski definition) is 2. The van der Waals surface area contributed by atoms with Crippen LogP contribution in [0.15, 0.2) is 0 Å². The van der Waals surface area contributed by atoms with Gasteiger partial charge in [0, 0.05) is 31.7 Å². The van der Waals surface area contributed by atoms with Crippen molar-refractivity contribution in [3.63, 3.8) is 0 Å². The first kappa shape index (κ1) is 13.4. The Morgan fingerprint density at radius 3 is 2.00 bits per heavy atom. The van der Waals surface area contributed by atoms with Crippen LogP contribution in [0.25, 0.3) is 0 Å². The molecule has 2 heterocycles. The van der Waals surface area contributed by atoms with Crippen LogP contribution in [-0.4, -0.2) is 48.1 Å². The molecule has 0 aromatic carbocycles. The topological polar surface area (TPSA) is 6.48 Å². The summed E-state index contributed by atoms with van der Waals surface area (Å²) in [7, 11) is 0. The molecule has 2 bridgehead atoms. The summed E-state index contributed by atoms with van der Waals surface area (Å²) >= 11 is 0. The smallest absolute Gasteiger partial charge is 0.0227 e. The summed E-state index contributed by atoms with van der Waals surface area (Å²) in [5, 5.41) is 0. The van der Waals surface area contributed by atoms with Crippen molar-refractivity contribution in [2.75, 3.05) is 26.2 Å². The number of piperazine rings is 1. The molecule has 0 aromatic rings. The first-order valence-electron chi connectivity index (χ1n) is 7.54. The number of nitrogens with zero attached hydrogens (tertiary/aromatic N) is 2. The molecule has 2 atom stereocenters. The summed E-state index contributed by atoms with van der Waals surface area (Å²) < 4.78 is 0. The maximum Gasteiger partial charge on any atom is 0.0227 e. The molecule has 2 fully saturated rings. The summed E-state index contributed by atoms with van der Waals surface area (Å²) in [6.07, 6.45) is 4.26. The van der Waals surface area contributed by atoms with Gasteiger partial charge in [0.2, 0.25) is 0 Å². The van der Waals surface area contributed by atoms with Crippen LogP contribution in [0.2, 0.25) is 0 Å². The average Bonchev–Trinajstić information content (AvgIpc) is 2.45. The van der Waals surface area contributed by atoms with E-state index in [1.165, 1.54) is 45.4 Å². The fourth-order valence-corrected chi connectivity index (χ4v) is 3.52. The Hall–Kier alpha value is -0.0800. The van der Waals surface area contributed by atoms with Gasteiger partial charge in [0.1, 0.15) is 0 Å². The van der Waals surface area contributed by atoms with Crippen molar-refractivity contribution in [1.82, 2.24) is 9.80 Å². The van der Waals surface area contributed by atoms with Gasteiger partial charge in [-0.3, -0.25) is 9.80 Å². The number of likely N-dealkylation sites (tertiary alicyclic amines) is 1. The second-order valence-electron chi connectivity index (χ2n) is 6.92. The summed E-state index contributed by atoms with van der Waals surface area (Å²) in [6, 6.07) is 1.73. The zero-order chi connectivity index (χ0) is 12.4. The third-order valence-corrected chi connectivity index (χ3v) is 4.30. The van der Waals surface area contributed by atoms with Crippen molar-refractivity contribution < 1.29 is 0 Å². The predicted octanol–water partition coefficient (Wildman–Crippen LogP) is 2.84. The van der Waals surface area contributed by atoms with E-state index in [4.69, 9.17) is 0 Å². The van der Waals surface area contributed by atoms with Crippen LogP contribution in [-0.2, 0) is 0 Å². The van der Waals surface area contributed by atoms with Crippen molar-refractivity contribution >= 4 is 0 Å². The summed E-state index contributed by atoms with van der Waals surface area (Å²) in [6.45, 7) is 14.7. The van der Waals surface area contributed by atoms with Crippen LogP contribution >= 0.6 is 0 Å². The molecule has 100 valence electrons. The lowest BCUT2D eigenvalue weighted by Crippen LogP contribution is -2.54. The second kappa shape index (κ2) is 5.71. The van der Waals surface area contributed by atoms with Gasteiger partial charge >= 0.3 is 0 Å². The zero-order valence-corrected chi connectivity index (χ0v) is 12.2. The fraction of sp³-hybridized carbons (Fsp3) is 1.00. The monoisotopic (exact) mass is 238 g/mol. The Bertz CT molecular complexity index is 223. The van der Waals surface area contributed by atoms with E-state index in [1.807, 2.05) is 0 Å². The molecule has 2 heteroatoms. The average molecular weight is 238 g/mol. The molecule has 2 rings (SSSR count). The molecule has 2 nitrogen and oxygen atoms in total. The third kappa shape index (κ3) is 3.45. The van der Waals surface area contributed by atoms with Gasteiger partial charge in [-0.05, 0) is 37.6 Å². The van der Waals surface area contributed by atoms with Crippen molar-refractivity contribution in [1.29, 1.82) is 0 Å². The van der Waals surface area contributed by atoms with E-state index in [9.17, 15) is 0 Å². The van der Waals surface area contributed by atoms with Crippen LogP contribution in [0.4, 0.5) is 0 Å². The zero-order valence-electron chi connectivity index (χ0n) is 12.2. The van der Waals surface area contributed by atoms with Gasteiger partial charge in [0.05, 0.1) is 0 Å². The van der Waals surface area contributed by atoms with E-state index in [-0.39, 0.29) is 0 Å². The molecular weight excluding hydrogens is 208 g/mol. The number of hydrogen-bond donors (Lipinski definition) is 0. The maximum atomic E-state index is 2.82. The molecule has 2 saturated heterocycles. The lowest BCUT2D eigenvalue weighted by atomic mass is 10.1. The lowest BCUT2D eigenvalue weighted by Gasteiger charge is -2.42. The summed E-state index contributed by atoms with van der Waals surface area (Å²) in [5.41, 5.74) is 0. The molecule has 2 aliphatic heterocycles. The van der Waals surface area contributed by atoms with Crippen molar-refractivity contribution in [3.05, 3.63) is 0 Å². The molecule has 0 N–H and O–H groups in total. The fourth-order valence-electron chi connectivity index (χ4n) is 3.52. The van der Waals surface area contributed by atoms with E-state index >= 15 is 0 Å². The minimum Gasteiger partial charge on any atom is -0.300 e. The van der Waals surface area contributed by atoms with Crippen LogP contribution in [0.5, 0.6) is 0 Å². The van der Waals surface area contributed by atoms with Crippen molar-refractivity contribution in [2.24, 2.45) is 11.8 Å². The molecular formula is C15H30N2. The van der Waals surface area contributed by atoms with Crippen molar-refractivity contribution in [3.8, 4) is 0 Å². The molecule has 0 radical (unpaired) electrons. The van der Waals surface area contributed by atoms with Gasteiger partial charge in [-0.2, -0.15) is 0 Å². The normalized spacial score (nSPS) is 30.7. The SMILES string of the molecule is CC(C)CCN1[C@@H]2CC[C@H]1CN(CC(C)C)C2. The van der Waals surface area contributed by atoms with Crippen LogP contribution in [0, 0.1) is 11.8 Å². The highest BCUT2D eigenvalue weighted by Gasteiger charge is 2.39. The first-order valence-corrected chi connectivity index (χ1v) is 7.54. The van der Waals surface area contributed by atoms with E-state index in [0.717, 1.165) is 23.9 Å². The maximum absolute atomic E-state index is 2.82. The molecule has 17 heavy (non-hydrogen) atoms. The Morgan fingerprint density at radius 2 is 1.53 bits per heavy atom. The van der Waals surface area contributed by atoms with Crippen LogP contribution in [0.3, 0.4) is 0 Å². The van der Waals surface area contributed by atoms with E-state index in [1.54, 1.807) is 0 Å². The molecule has 0 amide bonds. The number of fused-ring (bicyclic) bond motifs is 2. The Balaban J connectivity index is 1.84. The quantitative estimate of drug-likeness (QED) is 0.727. The highest BCUT2D eigenvalue weighted by molar-refractivity contribution is 4.95. The molecule has 0 aromatic heterocycles. The van der Waals surface area contributed by atoms with Gasteiger partial charge in [0.15, 0.2) is 0 Å². The Labute approximate surface area is 107 Å². The Morgan fingerprint density at radius 1 is 0.941 bits per heavy atom. The van der Waals surface area contributed by atoms with Crippen LogP contribution in [0.1, 0.15) is 47.0 Å². The lowest BCUT2D eigenvalue weighted by molar-refractivity contribution is 0.0572. The minimum atomic E-state index is 0.816. The van der Waals surface area contributed by atoms with Gasteiger partial charge in [-0.25, -0.2) is 0 Å². The molecule has 0 unspecified atom stereocenters.